The number of pyridine rings is 1. The molecule has 1 aliphatic heterocycles. The van der Waals surface area contributed by atoms with Gasteiger partial charge < -0.3 is 15.0 Å². The van der Waals surface area contributed by atoms with Crippen LogP contribution in [0.15, 0.2) is 47.4 Å². The highest BCUT2D eigenvalue weighted by atomic mass is 16.5. The highest BCUT2D eigenvalue weighted by Gasteiger charge is 2.25. The van der Waals surface area contributed by atoms with Crippen LogP contribution in [0.5, 0.6) is 5.75 Å². The zero-order valence-corrected chi connectivity index (χ0v) is 15.2. The predicted molar refractivity (Wildman–Crippen MR) is 102 cm³/mol. The smallest absolute Gasteiger partial charge is 0.322 e. The number of fused-ring (bicyclic) bond motifs is 2. The van der Waals surface area contributed by atoms with E-state index in [0.29, 0.717) is 35.6 Å². The van der Waals surface area contributed by atoms with Crippen molar-refractivity contribution in [1.29, 1.82) is 0 Å². The fourth-order valence-electron chi connectivity index (χ4n) is 3.37. The number of carbonyl (C=O) groups excluding carboxylic acids is 1. The molecule has 3 aromatic rings. The van der Waals surface area contributed by atoms with Gasteiger partial charge in [0, 0.05) is 19.2 Å². The van der Waals surface area contributed by atoms with E-state index in [1.807, 2.05) is 31.2 Å². The molecule has 0 saturated carbocycles. The van der Waals surface area contributed by atoms with Crippen molar-refractivity contribution in [2.75, 3.05) is 19.0 Å². The Labute approximate surface area is 156 Å². The van der Waals surface area contributed by atoms with Crippen molar-refractivity contribution in [1.82, 2.24) is 14.3 Å². The lowest BCUT2D eigenvalue weighted by Crippen LogP contribution is -2.42. The number of nitrogens with one attached hydrogen (secondary N) is 1. The molecule has 1 aliphatic rings. The van der Waals surface area contributed by atoms with Crippen LogP contribution in [0, 0.1) is 6.92 Å². The summed E-state index contributed by atoms with van der Waals surface area (Å²) in [4.78, 5) is 31.9. The Hall–Kier alpha value is -3.35. The summed E-state index contributed by atoms with van der Waals surface area (Å²) < 4.78 is 6.82. The third-order valence-corrected chi connectivity index (χ3v) is 4.83. The first kappa shape index (κ1) is 17.1. The Morgan fingerprint density at radius 1 is 1.22 bits per heavy atom. The average molecular weight is 364 g/mol. The monoisotopic (exact) mass is 364 g/mol. The van der Waals surface area contributed by atoms with Gasteiger partial charge >= 0.3 is 6.03 Å². The first-order chi connectivity index (χ1) is 13.1. The first-order valence-electron chi connectivity index (χ1n) is 8.77. The lowest BCUT2D eigenvalue weighted by molar-refractivity contribution is 0.205. The molecule has 2 amide bonds. The number of methoxy groups -OCH3 is 1. The van der Waals surface area contributed by atoms with Crippen LogP contribution in [-0.2, 0) is 13.0 Å². The van der Waals surface area contributed by atoms with Crippen molar-refractivity contribution >= 4 is 17.4 Å². The zero-order valence-electron chi connectivity index (χ0n) is 15.2. The Bertz CT molecular complexity index is 1090. The maximum atomic E-state index is 12.9. The van der Waals surface area contributed by atoms with Gasteiger partial charge in [-0.05, 0) is 30.7 Å². The van der Waals surface area contributed by atoms with E-state index in [2.05, 4.69) is 10.3 Å². The van der Waals surface area contributed by atoms with E-state index in [0.717, 1.165) is 11.3 Å². The van der Waals surface area contributed by atoms with Crippen LogP contribution in [0.4, 0.5) is 10.5 Å². The Morgan fingerprint density at radius 2 is 2.04 bits per heavy atom. The average Bonchev–Trinajstić information content (AvgIpc) is 2.69. The van der Waals surface area contributed by atoms with Gasteiger partial charge in [0.2, 0.25) is 0 Å². The van der Waals surface area contributed by atoms with Crippen LogP contribution in [0.2, 0.25) is 0 Å². The van der Waals surface area contributed by atoms with E-state index in [1.165, 1.54) is 0 Å². The third kappa shape index (κ3) is 3.01. The number of rotatable bonds is 2. The lowest BCUT2D eigenvalue weighted by Gasteiger charge is -2.28. The van der Waals surface area contributed by atoms with Gasteiger partial charge in [-0.15, -0.1) is 0 Å². The molecule has 1 aromatic carbocycles. The number of benzene rings is 1. The fraction of sp³-hybridized carbons (Fsp3) is 0.250. The topological polar surface area (TPSA) is 75.9 Å². The summed E-state index contributed by atoms with van der Waals surface area (Å²) >= 11 is 0. The molecule has 0 spiro atoms. The first-order valence-corrected chi connectivity index (χ1v) is 8.77. The van der Waals surface area contributed by atoms with Crippen LogP contribution >= 0.6 is 0 Å². The van der Waals surface area contributed by atoms with Crippen molar-refractivity contribution in [2.24, 2.45) is 0 Å². The quantitative estimate of drug-likeness (QED) is 0.758. The number of para-hydroxylation sites is 2. The summed E-state index contributed by atoms with van der Waals surface area (Å²) in [6.07, 6.45) is 2.26. The number of anilines is 1. The molecule has 7 nitrogen and oxygen atoms in total. The van der Waals surface area contributed by atoms with Crippen LogP contribution in [0.25, 0.3) is 5.65 Å². The molecule has 1 N–H and O–H groups in total. The van der Waals surface area contributed by atoms with Crippen LogP contribution in [0.3, 0.4) is 0 Å². The number of urea groups is 1. The Balaban J connectivity index is 1.63. The van der Waals surface area contributed by atoms with Crippen molar-refractivity contribution in [2.45, 2.75) is 19.9 Å². The maximum absolute atomic E-state index is 12.9. The number of aryl methyl sites for hydroxylation is 1. The highest BCUT2D eigenvalue weighted by molar-refractivity contribution is 5.91. The molecule has 4 rings (SSSR count). The molecule has 0 bridgehead atoms. The molecule has 27 heavy (non-hydrogen) atoms. The third-order valence-electron chi connectivity index (χ3n) is 4.83. The molecule has 0 atom stereocenters. The summed E-state index contributed by atoms with van der Waals surface area (Å²) in [6.45, 7) is 2.67. The van der Waals surface area contributed by atoms with Gasteiger partial charge in [-0.25, -0.2) is 9.78 Å². The number of carbonyl (C=O) groups is 1. The lowest BCUT2D eigenvalue weighted by atomic mass is 10.1. The van der Waals surface area contributed by atoms with E-state index < -0.39 is 0 Å². The second-order valence-corrected chi connectivity index (χ2v) is 6.53. The predicted octanol–water partition coefficient (Wildman–Crippen LogP) is 2.60. The van der Waals surface area contributed by atoms with Gasteiger partial charge in [0.05, 0.1) is 30.6 Å². The van der Waals surface area contributed by atoms with E-state index in [1.54, 1.807) is 34.7 Å². The number of ether oxygens (including phenoxy) is 1. The summed E-state index contributed by atoms with van der Waals surface area (Å²) in [5, 5.41) is 2.86. The van der Waals surface area contributed by atoms with Gasteiger partial charge in [-0.1, -0.05) is 18.2 Å². The van der Waals surface area contributed by atoms with Crippen LogP contribution < -0.4 is 15.6 Å². The molecular formula is C20H20N4O3. The van der Waals surface area contributed by atoms with Crippen molar-refractivity contribution in [3.63, 3.8) is 0 Å². The van der Waals surface area contributed by atoms with Gasteiger partial charge in [-0.3, -0.25) is 9.20 Å². The summed E-state index contributed by atoms with van der Waals surface area (Å²) in [5.41, 5.74) is 3.45. The molecule has 0 aliphatic carbocycles. The molecule has 138 valence electrons. The number of amides is 2. The molecular weight excluding hydrogens is 344 g/mol. The van der Waals surface area contributed by atoms with E-state index in [4.69, 9.17) is 4.74 Å². The van der Waals surface area contributed by atoms with Gasteiger partial charge in [0.15, 0.2) is 0 Å². The molecule has 0 radical (unpaired) electrons. The van der Waals surface area contributed by atoms with E-state index >= 15 is 0 Å². The van der Waals surface area contributed by atoms with Crippen LogP contribution in [-0.4, -0.2) is 34.0 Å². The van der Waals surface area contributed by atoms with Crippen molar-refractivity contribution in [3.8, 4) is 5.75 Å². The maximum Gasteiger partial charge on any atom is 0.322 e. The molecule has 0 fully saturated rings. The fourth-order valence-corrected chi connectivity index (χ4v) is 3.37. The number of hydrogen-bond donors (Lipinski definition) is 1. The molecule has 3 heterocycles. The zero-order chi connectivity index (χ0) is 19.0. The summed E-state index contributed by atoms with van der Waals surface area (Å²) in [5.74, 6) is 0.589. The largest absolute Gasteiger partial charge is 0.495 e. The normalized spacial score (nSPS) is 13.3. The highest BCUT2D eigenvalue weighted by Crippen LogP contribution is 2.24. The van der Waals surface area contributed by atoms with Crippen molar-refractivity contribution < 1.29 is 9.53 Å². The van der Waals surface area contributed by atoms with Gasteiger partial charge in [0.25, 0.3) is 5.56 Å². The Kier molecular flexibility index (Phi) is 4.27. The summed E-state index contributed by atoms with van der Waals surface area (Å²) in [7, 11) is 1.56. The number of nitrogens with zero attached hydrogens (tertiary/aromatic N) is 3. The number of aromatic nitrogens is 2. The van der Waals surface area contributed by atoms with Crippen molar-refractivity contribution in [3.05, 3.63) is 69.8 Å². The molecule has 7 heteroatoms. The van der Waals surface area contributed by atoms with Gasteiger partial charge in [0.1, 0.15) is 11.4 Å². The van der Waals surface area contributed by atoms with E-state index in [-0.39, 0.29) is 18.1 Å². The summed E-state index contributed by atoms with van der Waals surface area (Å²) in [6, 6.07) is 10.7. The minimum atomic E-state index is -0.265. The molecule has 0 unspecified atom stereocenters. The molecule has 0 saturated heterocycles. The van der Waals surface area contributed by atoms with Gasteiger partial charge in [-0.2, -0.15) is 0 Å². The SMILES string of the molecule is COc1ccccc1NC(=O)N1CCc2nc3c(C)cccn3c(=O)c2C1. The minimum Gasteiger partial charge on any atom is -0.495 e. The van der Waals surface area contributed by atoms with Crippen LogP contribution in [0.1, 0.15) is 16.8 Å². The number of hydrogen-bond acceptors (Lipinski definition) is 4. The standard InChI is InChI=1S/C20H20N4O3/c1-13-6-5-10-24-18(13)21-15-9-11-23(12-14(15)19(24)25)20(26)22-16-7-3-4-8-17(16)27-2/h3-8,10H,9,11-12H2,1-2H3,(H,22,26). The molecule has 2 aromatic heterocycles. The second-order valence-electron chi connectivity index (χ2n) is 6.53. The second kappa shape index (κ2) is 6.75. The Morgan fingerprint density at radius 3 is 2.85 bits per heavy atom. The minimum absolute atomic E-state index is 0.117. The van der Waals surface area contributed by atoms with E-state index in [9.17, 15) is 9.59 Å².